The number of benzene rings is 3. The molecule has 0 bridgehead atoms. The van der Waals surface area contributed by atoms with Crippen molar-refractivity contribution >= 4 is 49.1 Å². The summed E-state index contributed by atoms with van der Waals surface area (Å²) in [4.78, 5) is 28.3. The van der Waals surface area contributed by atoms with Gasteiger partial charge in [-0.15, -0.1) is 0 Å². The lowest BCUT2D eigenvalue weighted by atomic mass is 10.1. The maximum absolute atomic E-state index is 12.9. The SMILES string of the molecule is CCOc1cc(C(=O)Nc2nc3c(ccc4ccccc43)s2)c([N+](=O)[O-])cc1OC. The second-order valence-corrected chi connectivity index (χ2v) is 7.35. The Labute approximate surface area is 175 Å². The first-order valence-corrected chi connectivity index (χ1v) is 9.92. The van der Waals surface area contributed by atoms with Crippen molar-refractivity contribution in [2.24, 2.45) is 0 Å². The third kappa shape index (κ3) is 3.50. The molecule has 4 rings (SSSR count). The smallest absolute Gasteiger partial charge is 0.286 e. The number of nitrogens with zero attached hydrogens (tertiary/aromatic N) is 2. The van der Waals surface area contributed by atoms with Gasteiger partial charge >= 0.3 is 0 Å². The number of anilines is 1. The molecule has 0 aliphatic carbocycles. The minimum atomic E-state index is -0.645. The third-order valence-corrected chi connectivity index (χ3v) is 5.46. The molecule has 0 saturated heterocycles. The number of carbonyl (C=O) groups excluding carboxylic acids is 1. The fraction of sp³-hybridized carbons (Fsp3) is 0.143. The topological polar surface area (TPSA) is 104 Å². The number of fused-ring (bicyclic) bond motifs is 3. The Bertz CT molecular complexity index is 1280. The highest BCUT2D eigenvalue weighted by atomic mass is 32.1. The lowest BCUT2D eigenvalue weighted by molar-refractivity contribution is -0.385. The predicted molar refractivity (Wildman–Crippen MR) is 116 cm³/mol. The van der Waals surface area contributed by atoms with E-state index in [1.54, 1.807) is 6.92 Å². The number of ether oxygens (including phenoxy) is 2. The maximum Gasteiger partial charge on any atom is 0.286 e. The zero-order valence-electron chi connectivity index (χ0n) is 16.2. The number of aromatic nitrogens is 1. The summed E-state index contributed by atoms with van der Waals surface area (Å²) in [6.07, 6.45) is 0. The molecule has 0 spiro atoms. The molecule has 1 N–H and O–H groups in total. The van der Waals surface area contributed by atoms with Crippen LogP contribution in [-0.4, -0.2) is 29.5 Å². The largest absolute Gasteiger partial charge is 0.493 e. The lowest BCUT2D eigenvalue weighted by Gasteiger charge is -2.11. The number of carbonyl (C=O) groups is 1. The summed E-state index contributed by atoms with van der Waals surface area (Å²) in [6, 6.07) is 14.3. The molecule has 0 saturated carbocycles. The zero-order valence-corrected chi connectivity index (χ0v) is 17.0. The molecule has 30 heavy (non-hydrogen) atoms. The van der Waals surface area contributed by atoms with Gasteiger partial charge in [0.1, 0.15) is 5.56 Å². The molecule has 1 heterocycles. The van der Waals surface area contributed by atoms with Crippen LogP contribution >= 0.6 is 11.3 Å². The molecular formula is C21H17N3O5S. The van der Waals surface area contributed by atoms with Gasteiger partial charge in [-0.2, -0.15) is 0 Å². The fourth-order valence-corrected chi connectivity index (χ4v) is 4.07. The van der Waals surface area contributed by atoms with Crippen molar-refractivity contribution in [2.45, 2.75) is 6.92 Å². The van der Waals surface area contributed by atoms with Crippen molar-refractivity contribution in [3.63, 3.8) is 0 Å². The molecule has 4 aromatic rings. The van der Waals surface area contributed by atoms with E-state index in [0.29, 0.717) is 11.7 Å². The van der Waals surface area contributed by atoms with E-state index in [0.717, 1.165) is 21.0 Å². The van der Waals surface area contributed by atoms with E-state index in [1.165, 1.54) is 30.6 Å². The summed E-state index contributed by atoms with van der Waals surface area (Å²) in [5.41, 5.74) is 0.264. The highest BCUT2D eigenvalue weighted by Crippen LogP contribution is 2.36. The number of methoxy groups -OCH3 is 1. The maximum atomic E-state index is 12.9. The van der Waals surface area contributed by atoms with E-state index < -0.39 is 10.8 Å². The van der Waals surface area contributed by atoms with Crippen LogP contribution in [0, 0.1) is 10.1 Å². The zero-order chi connectivity index (χ0) is 21.3. The second kappa shape index (κ2) is 7.96. The number of thiazole rings is 1. The quantitative estimate of drug-likeness (QED) is 0.345. The summed E-state index contributed by atoms with van der Waals surface area (Å²) in [5.74, 6) is -0.203. The first-order chi connectivity index (χ1) is 14.5. The first-order valence-electron chi connectivity index (χ1n) is 9.10. The van der Waals surface area contributed by atoms with Crippen LogP contribution in [0.3, 0.4) is 0 Å². The van der Waals surface area contributed by atoms with Crippen LogP contribution in [0.1, 0.15) is 17.3 Å². The number of amides is 1. The van der Waals surface area contributed by atoms with Crippen molar-refractivity contribution in [1.82, 2.24) is 4.98 Å². The molecule has 8 nitrogen and oxygen atoms in total. The number of hydrogen-bond acceptors (Lipinski definition) is 7. The first kappa shape index (κ1) is 19.6. The summed E-state index contributed by atoms with van der Waals surface area (Å²) in [6.45, 7) is 2.09. The molecule has 9 heteroatoms. The van der Waals surface area contributed by atoms with Gasteiger partial charge in [-0.05, 0) is 18.4 Å². The van der Waals surface area contributed by atoms with Gasteiger partial charge in [0.2, 0.25) is 0 Å². The lowest BCUT2D eigenvalue weighted by Crippen LogP contribution is -2.14. The van der Waals surface area contributed by atoms with Gasteiger partial charge in [0, 0.05) is 11.5 Å². The summed E-state index contributed by atoms with van der Waals surface area (Å²) >= 11 is 1.30. The Kier molecular flexibility index (Phi) is 5.20. The van der Waals surface area contributed by atoms with Crippen molar-refractivity contribution < 1.29 is 19.2 Å². The number of hydrogen-bond donors (Lipinski definition) is 1. The highest BCUT2D eigenvalue weighted by Gasteiger charge is 2.25. The van der Waals surface area contributed by atoms with E-state index in [9.17, 15) is 14.9 Å². The van der Waals surface area contributed by atoms with Gasteiger partial charge in [-0.25, -0.2) is 4.98 Å². The van der Waals surface area contributed by atoms with Gasteiger partial charge < -0.3 is 9.47 Å². The van der Waals surface area contributed by atoms with E-state index in [1.807, 2.05) is 36.4 Å². The van der Waals surface area contributed by atoms with Crippen molar-refractivity contribution in [2.75, 3.05) is 19.0 Å². The van der Waals surface area contributed by atoms with Gasteiger partial charge in [-0.3, -0.25) is 20.2 Å². The third-order valence-electron chi connectivity index (χ3n) is 4.53. The van der Waals surface area contributed by atoms with E-state index in [2.05, 4.69) is 10.3 Å². The van der Waals surface area contributed by atoms with Gasteiger partial charge in [0.05, 0.1) is 34.9 Å². The van der Waals surface area contributed by atoms with Crippen LogP contribution in [0.4, 0.5) is 10.8 Å². The van der Waals surface area contributed by atoms with Gasteiger partial charge in [0.15, 0.2) is 16.6 Å². The number of nitro groups is 1. The molecule has 0 aliphatic rings. The van der Waals surface area contributed by atoms with E-state index in [4.69, 9.17) is 9.47 Å². The molecule has 1 aromatic heterocycles. The number of nitrogens with one attached hydrogen (secondary N) is 1. The molecule has 1 amide bonds. The van der Waals surface area contributed by atoms with Crippen LogP contribution in [0.15, 0.2) is 48.5 Å². The molecule has 3 aromatic carbocycles. The fourth-order valence-electron chi connectivity index (χ4n) is 3.19. The predicted octanol–water partition coefficient (Wildman–Crippen LogP) is 5.02. The van der Waals surface area contributed by atoms with Crippen molar-refractivity contribution in [3.05, 3.63) is 64.2 Å². The molecule has 0 radical (unpaired) electrons. The van der Waals surface area contributed by atoms with Crippen molar-refractivity contribution in [1.29, 1.82) is 0 Å². The molecule has 0 atom stereocenters. The Morgan fingerprint density at radius 3 is 2.73 bits per heavy atom. The normalized spacial score (nSPS) is 10.9. The summed E-state index contributed by atoms with van der Waals surface area (Å²) in [5, 5.41) is 16.6. The van der Waals surface area contributed by atoms with Crippen LogP contribution < -0.4 is 14.8 Å². The van der Waals surface area contributed by atoms with Crippen LogP contribution in [0.2, 0.25) is 0 Å². The molecule has 0 unspecified atom stereocenters. The summed E-state index contributed by atoms with van der Waals surface area (Å²) < 4.78 is 11.5. The van der Waals surface area contributed by atoms with Crippen LogP contribution in [0.5, 0.6) is 11.5 Å². The van der Waals surface area contributed by atoms with Gasteiger partial charge in [-0.1, -0.05) is 41.7 Å². The average Bonchev–Trinajstić information content (AvgIpc) is 3.16. The van der Waals surface area contributed by atoms with E-state index >= 15 is 0 Å². The number of nitro benzene ring substituents is 1. The Morgan fingerprint density at radius 2 is 2.00 bits per heavy atom. The Morgan fingerprint density at radius 1 is 1.20 bits per heavy atom. The minimum absolute atomic E-state index is 0.131. The monoisotopic (exact) mass is 423 g/mol. The molecular weight excluding hydrogens is 406 g/mol. The summed E-state index contributed by atoms with van der Waals surface area (Å²) in [7, 11) is 1.38. The Hall–Kier alpha value is -3.72. The van der Waals surface area contributed by atoms with Crippen LogP contribution in [-0.2, 0) is 0 Å². The average molecular weight is 423 g/mol. The highest BCUT2D eigenvalue weighted by molar-refractivity contribution is 7.22. The molecule has 0 aliphatic heterocycles. The van der Waals surface area contributed by atoms with E-state index in [-0.39, 0.29) is 22.7 Å². The number of rotatable bonds is 6. The van der Waals surface area contributed by atoms with Crippen LogP contribution in [0.25, 0.3) is 21.0 Å². The second-order valence-electron chi connectivity index (χ2n) is 6.32. The molecule has 0 fully saturated rings. The van der Waals surface area contributed by atoms with Crippen molar-refractivity contribution in [3.8, 4) is 11.5 Å². The Balaban J connectivity index is 1.73. The van der Waals surface area contributed by atoms with Gasteiger partial charge in [0.25, 0.3) is 11.6 Å². The minimum Gasteiger partial charge on any atom is -0.493 e. The molecule has 152 valence electrons. The standard InChI is InChI=1S/C21H17N3O5S/c1-3-29-17-10-14(15(24(26)27)11-16(17)28-2)20(25)23-21-22-19-13-7-5-4-6-12(13)8-9-18(19)30-21/h4-11H,3H2,1-2H3,(H,22,23,25).